The second-order valence-electron chi connectivity index (χ2n) is 7.99. The van der Waals surface area contributed by atoms with Crippen LogP contribution in [-0.2, 0) is 11.3 Å². The van der Waals surface area contributed by atoms with Gasteiger partial charge in [-0.25, -0.2) is 8.78 Å². The molecule has 0 N–H and O–H groups in total. The van der Waals surface area contributed by atoms with Crippen molar-refractivity contribution in [3.63, 3.8) is 0 Å². The fraction of sp³-hybridized carbons (Fsp3) is 0.269. The van der Waals surface area contributed by atoms with Gasteiger partial charge < -0.3 is 4.74 Å². The van der Waals surface area contributed by atoms with Gasteiger partial charge in [-0.1, -0.05) is 36.4 Å². The predicted octanol–water partition coefficient (Wildman–Crippen LogP) is 5.20. The van der Waals surface area contributed by atoms with E-state index in [1.54, 1.807) is 31.4 Å². The summed E-state index contributed by atoms with van der Waals surface area (Å²) in [5, 5.41) is 0. The summed E-state index contributed by atoms with van der Waals surface area (Å²) in [4.78, 5) is 15.3. The molecule has 3 aromatic carbocycles. The number of Topliss-reactive ketones (excluding diaryl/α,β-unsaturated/α-hetero) is 1. The van der Waals surface area contributed by atoms with E-state index in [0.717, 1.165) is 22.4 Å². The van der Waals surface area contributed by atoms with Gasteiger partial charge in [-0.15, -0.1) is 0 Å². The molecule has 0 aromatic heterocycles. The minimum absolute atomic E-state index is 0.181. The van der Waals surface area contributed by atoms with Crippen molar-refractivity contribution in [3.05, 3.63) is 101 Å². The Kier molecular flexibility index (Phi) is 6.42. The average molecular weight is 421 g/mol. The topological polar surface area (TPSA) is 29.5 Å². The van der Waals surface area contributed by atoms with E-state index in [9.17, 15) is 13.6 Å². The lowest BCUT2D eigenvalue weighted by Crippen LogP contribution is -2.43. The number of ketones is 1. The van der Waals surface area contributed by atoms with Crippen LogP contribution in [0.15, 0.2) is 72.8 Å². The van der Waals surface area contributed by atoms with Gasteiger partial charge in [0.15, 0.2) is 0 Å². The Hall–Kier alpha value is -3.05. The first-order valence-corrected chi connectivity index (χ1v) is 10.4. The molecule has 3 aromatic rings. The van der Waals surface area contributed by atoms with Crippen LogP contribution in [0, 0.1) is 17.6 Å². The van der Waals surface area contributed by atoms with Crippen LogP contribution in [0.5, 0.6) is 5.75 Å². The molecule has 0 saturated carbocycles. The van der Waals surface area contributed by atoms with Crippen molar-refractivity contribution in [3.8, 4) is 5.75 Å². The highest BCUT2D eigenvalue weighted by Gasteiger charge is 2.35. The van der Waals surface area contributed by atoms with Gasteiger partial charge in [-0.3, -0.25) is 9.69 Å². The summed E-state index contributed by atoms with van der Waals surface area (Å²) < 4.78 is 32.4. The molecule has 1 atom stereocenters. The molecule has 5 heteroatoms. The zero-order valence-electron chi connectivity index (χ0n) is 17.4. The highest BCUT2D eigenvalue weighted by Crippen LogP contribution is 2.36. The summed E-state index contributed by atoms with van der Waals surface area (Å²) in [6.07, 6.45) is 0.452. The molecule has 0 spiro atoms. The third kappa shape index (κ3) is 5.00. The summed E-state index contributed by atoms with van der Waals surface area (Å²) in [5.41, 5.74) is 2.83. The Morgan fingerprint density at radius 2 is 1.58 bits per heavy atom. The SMILES string of the molecule is COc1cccc(CN2CCC(=O)C(C(c3ccc(F)cc3)c3ccc(F)cc3)C2)c1. The van der Waals surface area contributed by atoms with Crippen LogP contribution in [-0.4, -0.2) is 30.9 Å². The largest absolute Gasteiger partial charge is 0.497 e. The molecule has 1 aliphatic rings. The molecule has 1 heterocycles. The van der Waals surface area contributed by atoms with Crippen molar-refractivity contribution in [2.75, 3.05) is 20.2 Å². The third-order valence-corrected chi connectivity index (χ3v) is 5.94. The lowest BCUT2D eigenvalue weighted by atomic mass is 9.76. The van der Waals surface area contributed by atoms with E-state index in [4.69, 9.17) is 4.74 Å². The normalized spacial score (nSPS) is 17.2. The number of carbonyl (C=O) groups excluding carboxylic acids is 1. The first-order valence-electron chi connectivity index (χ1n) is 10.4. The standard InChI is InChI=1S/C26H25F2NO2/c1-31-23-4-2-3-18(15-23)16-29-14-13-25(30)24(17-29)26(19-5-9-21(27)10-6-19)20-7-11-22(28)12-8-20/h2-12,15,24,26H,13-14,16-17H2,1H3. The maximum atomic E-state index is 13.6. The molecular weight excluding hydrogens is 396 g/mol. The van der Waals surface area contributed by atoms with E-state index in [1.165, 1.54) is 24.3 Å². The summed E-state index contributed by atoms with van der Waals surface area (Å²) in [5.74, 6) is -0.220. The zero-order chi connectivity index (χ0) is 21.8. The minimum atomic E-state index is -0.323. The maximum absolute atomic E-state index is 13.6. The summed E-state index contributed by atoms with van der Waals surface area (Å²) in [7, 11) is 1.64. The first kappa shape index (κ1) is 21.2. The third-order valence-electron chi connectivity index (χ3n) is 5.94. The van der Waals surface area contributed by atoms with Gasteiger partial charge in [0.2, 0.25) is 0 Å². The molecular formula is C26H25F2NO2. The average Bonchev–Trinajstić information content (AvgIpc) is 2.78. The Morgan fingerprint density at radius 3 is 2.16 bits per heavy atom. The van der Waals surface area contributed by atoms with E-state index < -0.39 is 0 Å². The Bertz CT molecular complexity index is 989. The van der Waals surface area contributed by atoms with E-state index in [2.05, 4.69) is 4.90 Å². The molecule has 0 aliphatic carbocycles. The fourth-order valence-electron chi connectivity index (χ4n) is 4.39. The maximum Gasteiger partial charge on any atom is 0.139 e. The van der Waals surface area contributed by atoms with E-state index in [1.807, 2.05) is 24.3 Å². The fourth-order valence-corrected chi connectivity index (χ4v) is 4.39. The number of likely N-dealkylation sites (tertiary alicyclic amines) is 1. The van der Waals surface area contributed by atoms with E-state index in [0.29, 0.717) is 26.1 Å². The molecule has 1 aliphatic heterocycles. The second-order valence-corrected chi connectivity index (χ2v) is 7.99. The van der Waals surface area contributed by atoms with Crippen molar-refractivity contribution in [1.29, 1.82) is 0 Å². The number of nitrogens with zero attached hydrogens (tertiary/aromatic N) is 1. The van der Waals surface area contributed by atoms with Crippen molar-refractivity contribution in [2.24, 2.45) is 5.92 Å². The van der Waals surface area contributed by atoms with Gasteiger partial charge in [-0.05, 0) is 53.1 Å². The van der Waals surface area contributed by atoms with Gasteiger partial charge >= 0.3 is 0 Å². The highest BCUT2D eigenvalue weighted by molar-refractivity contribution is 5.83. The molecule has 1 unspecified atom stereocenters. The van der Waals surface area contributed by atoms with Gasteiger partial charge in [0.05, 0.1) is 7.11 Å². The number of methoxy groups -OCH3 is 1. The number of carbonyl (C=O) groups is 1. The molecule has 0 bridgehead atoms. The minimum Gasteiger partial charge on any atom is -0.497 e. The van der Waals surface area contributed by atoms with Crippen LogP contribution in [0.3, 0.4) is 0 Å². The highest BCUT2D eigenvalue weighted by atomic mass is 19.1. The number of hydrogen-bond donors (Lipinski definition) is 0. The summed E-state index contributed by atoms with van der Waals surface area (Å²) in [6.45, 7) is 1.97. The van der Waals surface area contributed by atoms with Crippen molar-refractivity contribution >= 4 is 5.78 Å². The molecule has 31 heavy (non-hydrogen) atoms. The molecule has 0 amide bonds. The van der Waals surface area contributed by atoms with Gasteiger partial charge in [0.25, 0.3) is 0 Å². The summed E-state index contributed by atoms with van der Waals surface area (Å²) >= 11 is 0. The lowest BCUT2D eigenvalue weighted by molar-refractivity contribution is -0.126. The van der Waals surface area contributed by atoms with Crippen LogP contribution in [0.2, 0.25) is 0 Å². The summed E-state index contributed by atoms with van der Waals surface area (Å²) in [6, 6.07) is 20.4. The van der Waals surface area contributed by atoms with Crippen LogP contribution in [0.4, 0.5) is 8.78 Å². The lowest BCUT2D eigenvalue weighted by Gasteiger charge is -2.36. The van der Waals surface area contributed by atoms with E-state index in [-0.39, 0.29) is 29.3 Å². The monoisotopic (exact) mass is 421 g/mol. The number of benzene rings is 3. The Labute approximate surface area is 181 Å². The first-order chi connectivity index (χ1) is 15.0. The van der Waals surface area contributed by atoms with Gasteiger partial charge in [-0.2, -0.15) is 0 Å². The molecule has 1 saturated heterocycles. The quantitative estimate of drug-likeness (QED) is 0.548. The number of rotatable bonds is 6. The van der Waals surface area contributed by atoms with Crippen molar-refractivity contribution in [2.45, 2.75) is 18.9 Å². The van der Waals surface area contributed by atoms with Gasteiger partial charge in [0, 0.05) is 37.9 Å². The van der Waals surface area contributed by atoms with Crippen molar-refractivity contribution in [1.82, 2.24) is 4.90 Å². The Morgan fingerprint density at radius 1 is 0.968 bits per heavy atom. The van der Waals surface area contributed by atoms with Crippen LogP contribution in [0.25, 0.3) is 0 Å². The van der Waals surface area contributed by atoms with Crippen molar-refractivity contribution < 1.29 is 18.3 Å². The van der Waals surface area contributed by atoms with Gasteiger partial charge in [0.1, 0.15) is 23.2 Å². The van der Waals surface area contributed by atoms with Crippen LogP contribution in [0.1, 0.15) is 29.0 Å². The predicted molar refractivity (Wildman–Crippen MR) is 116 cm³/mol. The molecule has 160 valence electrons. The Balaban J connectivity index is 1.63. The van der Waals surface area contributed by atoms with Crippen LogP contribution >= 0.6 is 0 Å². The number of piperidine rings is 1. The molecule has 0 radical (unpaired) electrons. The molecule has 1 fully saturated rings. The second kappa shape index (κ2) is 9.40. The number of hydrogen-bond acceptors (Lipinski definition) is 3. The number of ether oxygens (including phenoxy) is 1. The van der Waals surface area contributed by atoms with Crippen LogP contribution < -0.4 is 4.74 Å². The zero-order valence-corrected chi connectivity index (χ0v) is 17.4. The smallest absolute Gasteiger partial charge is 0.139 e. The molecule has 4 rings (SSSR count). The molecule has 3 nitrogen and oxygen atoms in total. The number of halogens is 2. The van der Waals surface area contributed by atoms with E-state index >= 15 is 0 Å².